The number of H-pyrrole nitrogens is 1. The van der Waals surface area contributed by atoms with E-state index in [1.807, 2.05) is 18.9 Å². The minimum atomic E-state index is -0.484. The van der Waals surface area contributed by atoms with Gasteiger partial charge in [0.15, 0.2) is 5.69 Å². The van der Waals surface area contributed by atoms with Crippen molar-refractivity contribution in [3.63, 3.8) is 0 Å². The van der Waals surface area contributed by atoms with E-state index in [1.165, 1.54) is 6.33 Å². The molecule has 0 saturated carbocycles. The third kappa shape index (κ3) is 3.53. The van der Waals surface area contributed by atoms with Crippen molar-refractivity contribution >= 4 is 11.8 Å². The Hall–Kier alpha value is -1.96. The van der Waals surface area contributed by atoms with E-state index in [4.69, 9.17) is 9.47 Å². The number of carbonyl (C=O) groups is 1. The highest BCUT2D eigenvalue weighted by atomic mass is 16.5. The summed E-state index contributed by atoms with van der Waals surface area (Å²) >= 11 is 0. The van der Waals surface area contributed by atoms with Crippen molar-refractivity contribution in [3.8, 4) is 0 Å². The average molecular weight is 281 g/mol. The first-order valence-electron chi connectivity index (χ1n) is 6.62. The van der Waals surface area contributed by atoms with E-state index in [-0.39, 0.29) is 23.7 Å². The quantitative estimate of drug-likeness (QED) is 0.669. The standard InChI is InChI=1S/C12H19N5O3/c1-4-19-12(18)10-11(14-7-13-10)15-16-17-5-8(2)20-9(3)6-17/h7-9H,4-6H2,1-3H3,(H,13,14)/t8-,9-/m0/s1. The maximum Gasteiger partial charge on any atom is 0.358 e. The largest absolute Gasteiger partial charge is 0.461 e. The molecule has 110 valence electrons. The van der Waals surface area contributed by atoms with Gasteiger partial charge in [-0.1, -0.05) is 5.22 Å². The van der Waals surface area contributed by atoms with E-state index in [1.54, 1.807) is 6.92 Å². The predicted octanol–water partition coefficient (Wildman–Crippen LogP) is 1.69. The molecule has 8 heteroatoms. The molecule has 1 aliphatic heterocycles. The highest BCUT2D eigenvalue weighted by Gasteiger charge is 2.22. The van der Waals surface area contributed by atoms with Crippen LogP contribution in [0.15, 0.2) is 16.7 Å². The predicted molar refractivity (Wildman–Crippen MR) is 70.6 cm³/mol. The maximum atomic E-state index is 11.7. The van der Waals surface area contributed by atoms with Crippen LogP contribution in [0, 0.1) is 0 Å². The van der Waals surface area contributed by atoms with Crippen LogP contribution in [0.25, 0.3) is 0 Å². The van der Waals surface area contributed by atoms with Crippen LogP contribution < -0.4 is 0 Å². The Labute approximate surface area is 117 Å². The van der Waals surface area contributed by atoms with Crippen LogP contribution in [-0.4, -0.2) is 52.9 Å². The molecule has 1 aromatic heterocycles. The molecule has 20 heavy (non-hydrogen) atoms. The van der Waals surface area contributed by atoms with Crippen LogP contribution in [0.1, 0.15) is 31.3 Å². The molecule has 1 aliphatic rings. The summed E-state index contributed by atoms with van der Waals surface area (Å²) < 4.78 is 10.5. The molecule has 0 aromatic carbocycles. The van der Waals surface area contributed by atoms with Crippen molar-refractivity contribution in [2.45, 2.75) is 33.0 Å². The fourth-order valence-electron chi connectivity index (χ4n) is 2.05. The van der Waals surface area contributed by atoms with Crippen molar-refractivity contribution in [2.75, 3.05) is 19.7 Å². The minimum Gasteiger partial charge on any atom is -0.461 e. The maximum absolute atomic E-state index is 11.7. The Bertz CT molecular complexity index is 477. The lowest BCUT2D eigenvalue weighted by Crippen LogP contribution is -2.42. The molecule has 0 amide bonds. The van der Waals surface area contributed by atoms with Gasteiger partial charge < -0.3 is 14.5 Å². The minimum absolute atomic E-state index is 0.0985. The fourth-order valence-corrected chi connectivity index (χ4v) is 2.05. The summed E-state index contributed by atoms with van der Waals surface area (Å²) in [5.41, 5.74) is 0.213. The number of ether oxygens (including phenoxy) is 2. The van der Waals surface area contributed by atoms with Crippen LogP contribution in [0.5, 0.6) is 0 Å². The molecule has 1 fully saturated rings. The van der Waals surface area contributed by atoms with Gasteiger partial charge in [0.1, 0.15) is 0 Å². The Morgan fingerprint density at radius 2 is 2.25 bits per heavy atom. The number of nitrogens with zero attached hydrogens (tertiary/aromatic N) is 4. The molecule has 1 N–H and O–H groups in total. The average Bonchev–Trinajstić information content (AvgIpc) is 2.84. The second kappa shape index (κ2) is 6.47. The zero-order valence-electron chi connectivity index (χ0n) is 11.9. The molecule has 1 aromatic rings. The van der Waals surface area contributed by atoms with Gasteiger partial charge in [0, 0.05) is 0 Å². The van der Waals surface area contributed by atoms with E-state index >= 15 is 0 Å². The Morgan fingerprint density at radius 1 is 1.55 bits per heavy atom. The summed E-state index contributed by atoms with van der Waals surface area (Å²) in [6.07, 6.45) is 1.59. The number of aromatic amines is 1. The highest BCUT2D eigenvalue weighted by Crippen LogP contribution is 2.17. The van der Waals surface area contributed by atoms with Gasteiger partial charge in [-0.2, -0.15) is 0 Å². The summed E-state index contributed by atoms with van der Waals surface area (Å²) in [4.78, 5) is 18.3. The van der Waals surface area contributed by atoms with Crippen LogP contribution in [0.4, 0.5) is 5.82 Å². The zero-order valence-corrected chi connectivity index (χ0v) is 11.9. The summed E-state index contributed by atoms with van der Waals surface area (Å²) in [6, 6.07) is 0. The van der Waals surface area contributed by atoms with Gasteiger partial charge in [-0.05, 0) is 20.8 Å². The second-order valence-corrected chi connectivity index (χ2v) is 4.64. The number of hydrogen-bond donors (Lipinski definition) is 1. The third-order valence-electron chi connectivity index (χ3n) is 2.77. The molecule has 8 nitrogen and oxygen atoms in total. The molecule has 0 spiro atoms. The topological polar surface area (TPSA) is 92.2 Å². The monoisotopic (exact) mass is 281 g/mol. The number of nitrogens with one attached hydrogen (secondary N) is 1. The van der Waals surface area contributed by atoms with Crippen molar-refractivity contribution < 1.29 is 14.3 Å². The number of esters is 1. The fraction of sp³-hybridized carbons (Fsp3) is 0.667. The smallest absolute Gasteiger partial charge is 0.358 e. The van der Waals surface area contributed by atoms with Crippen LogP contribution in [0.2, 0.25) is 0 Å². The van der Waals surface area contributed by atoms with E-state index < -0.39 is 5.97 Å². The van der Waals surface area contributed by atoms with Crippen molar-refractivity contribution in [2.24, 2.45) is 10.3 Å². The summed E-state index contributed by atoms with van der Waals surface area (Å²) in [6.45, 7) is 7.33. The van der Waals surface area contributed by atoms with Gasteiger partial charge in [-0.3, -0.25) is 5.01 Å². The normalized spacial score (nSPS) is 23.2. The Balaban J connectivity index is 2.04. The van der Waals surface area contributed by atoms with Gasteiger partial charge in [0.05, 0.1) is 38.2 Å². The van der Waals surface area contributed by atoms with Gasteiger partial charge in [0.25, 0.3) is 0 Å². The van der Waals surface area contributed by atoms with Crippen LogP contribution in [-0.2, 0) is 9.47 Å². The molecule has 2 rings (SSSR count). The van der Waals surface area contributed by atoms with Gasteiger partial charge >= 0.3 is 5.97 Å². The van der Waals surface area contributed by atoms with E-state index in [0.29, 0.717) is 19.7 Å². The van der Waals surface area contributed by atoms with Gasteiger partial charge in [-0.25, -0.2) is 9.78 Å². The number of rotatable bonds is 4. The summed E-state index contributed by atoms with van der Waals surface area (Å²) in [5.74, 6) is -0.252. The lowest BCUT2D eigenvalue weighted by molar-refractivity contribution is -0.0697. The number of aromatic nitrogens is 2. The first-order valence-corrected chi connectivity index (χ1v) is 6.62. The lowest BCUT2D eigenvalue weighted by Gasteiger charge is -2.32. The lowest BCUT2D eigenvalue weighted by atomic mass is 10.3. The van der Waals surface area contributed by atoms with Crippen LogP contribution >= 0.6 is 0 Å². The molecular formula is C12H19N5O3. The zero-order chi connectivity index (χ0) is 14.5. The number of carbonyl (C=O) groups excluding carboxylic acids is 1. The first-order chi connectivity index (χ1) is 9.60. The molecule has 0 unspecified atom stereocenters. The van der Waals surface area contributed by atoms with E-state index in [2.05, 4.69) is 20.3 Å². The second-order valence-electron chi connectivity index (χ2n) is 4.64. The molecule has 1 saturated heterocycles. The molecule has 0 bridgehead atoms. The summed E-state index contributed by atoms with van der Waals surface area (Å²) in [7, 11) is 0. The highest BCUT2D eigenvalue weighted by molar-refractivity contribution is 5.91. The van der Waals surface area contributed by atoms with Gasteiger partial charge in [0.2, 0.25) is 5.82 Å². The van der Waals surface area contributed by atoms with E-state index in [0.717, 1.165) is 0 Å². The molecular weight excluding hydrogens is 262 g/mol. The number of imidazole rings is 1. The summed E-state index contributed by atoms with van der Waals surface area (Å²) in [5, 5.41) is 9.94. The van der Waals surface area contributed by atoms with Crippen molar-refractivity contribution in [1.29, 1.82) is 0 Å². The van der Waals surface area contributed by atoms with Gasteiger partial charge in [-0.15, -0.1) is 5.11 Å². The first kappa shape index (κ1) is 14.4. The van der Waals surface area contributed by atoms with E-state index in [9.17, 15) is 4.79 Å². The molecule has 2 heterocycles. The number of hydrogen-bond acceptors (Lipinski definition) is 6. The SMILES string of the molecule is CCOC(=O)c1[nH]cnc1N=NN1C[C@H](C)O[C@@H](C)C1. The molecule has 0 radical (unpaired) electrons. The number of morpholine rings is 1. The Morgan fingerprint density at radius 3 is 2.90 bits per heavy atom. The Kier molecular flexibility index (Phi) is 4.67. The van der Waals surface area contributed by atoms with Crippen molar-refractivity contribution in [1.82, 2.24) is 15.0 Å². The van der Waals surface area contributed by atoms with Crippen molar-refractivity contribution in [3.05, 3.63) is 12.0 Å². The molecule has 2 atom stereocenters. The van der Waals surface area contributed by atoms with Crippen LogP contribution in [0.3, 0.4) is 0 Å². The third-order valence-corrected chi connectivity index (χ3v) is 2.77. The molecule has 0 aliphatic carbocycles.